The molecule has 202 valence electrons. The second-order valence-corrected chi connectivity index (χ2v) is 11.8. The summed E-state index contributed by atoms with van der Waals surface area (Å²) in [5.74, 6) is -1.02. The van der Waals surface area contributed by atoms with Crippen LogP contribution in [0.25, 0.3) is 0 Å². The van der Waals surface area contributed by atoms with E-state index >= 15 is 0 Å². The van der Waals surface area contributed by atoms with Gasteiger partial charge in [0.05, 0.1) is 11.9 Å². The highest BCUT2D eigenvalue weighted by Crippen LogP contribution is 2.21. The monoisotopic (exact) mass is 531 g/mol. The number of nitrogens with zero attached hydrogens (tertiary/aromatic N) is 2. The molecule has 1 aliphatic carbocycles. The second kappa shape index (κ2) is 13.0. The number of hydrogen-bond acceptors (Lipinski definition) is 4. The zero-order chi connectivity index (χ0) is 27.0. The van der Waals surface area contributed by atoms with Gasteiger partial charge in [0.15, 0.2) is 0 Å². The Kier molecular flexibility index (Phi) is 10.1. The first-order chi connectivity index (χ1) is 17.6. The number of halogens is 1. The molecule has 0 radical (unpaired) electrons. The highest BCUT2D eigenvalue weighted by Gasteiger charge is 2.29. The lowest BCUT2D eigenvalue weighted by Gasteiger charge is -2.31. The predicted molar refractivity (Wildman–Crippen MR) is 144 cm³/mol. The van der Waals surface area contributed by atoms with Crippen molar-refractivity contribution in [2.45, 2.75) is 77.4 Å². The van der Waals surface area contributed by atoms with Gasteiger partial charge >= 0.3 is 0 Å². The van der Waals surface area contributed by atoms with Crippen LogP contribution in [0.2, 0.25) is 0 Å². The Morgan fingerprint density at radius 3 is 2.32 bits per heavy atom. The average Bonchev–Trinajstić information content (AvgIpc) is 2.86. The molecular formula is C28H38FN3O4S. The van der Waals surface area contributed by atoms with Gasteiger partial charge in [0.1, 0.15) is 11.9 Å². The molecule has 37 heavy (non-hydrogen) atoms. The highest BCUT2D eigenvalue weighted by molar-refractivity contribution is 7.92. The molecular weight excluding hydrogens is 493 g/mol. The molecule has 1 N–H and O–H groups in total. The van der Waals surface area contributed by atoms with Crippen LogP contribution in [0.4, 0.5) is 10.1 Å². The summed E-state index contributed by atoms with van der Waals surface area (Å²) >= 11 is 0. The maximum atomic E-state index is 14.4. The van der Waals surface area contributed by atoms with Gasteiger partial charge in [-0.15, -0.1) is 0 Å². The third kappa shape index (κ3) is 8.28. The molecule has 7 nitrogen and oxygen atoms in total. The summed E-state index contributed by atoms with van der Waals surface area (Å²) < 4.78 is 40.6. The largest absolute Gasteiger partial charge is 0.352 e. The van der Waals surface area contributed by atoms with E-state index in [9.17, 15) is 22.4 Å². The quantitative estimate of drug-likeness (QED) is 0.461. The zero-order valence-corrected chi connectivity index (χ0v) is 22.8. The van der Waals surface area contributed by atoms with Crippen molar-refractivity contribution in [2.24, 2.45) is 0 Å². The molecule has 0 aromatic heterocycles. The second-order valence-electron chi connectivity index (χ2n) is 9.91. The van der Waals surface area contributed by atoms with Gasteiger partial charge in [-0.25, -0.2) is 12.8 Å². The van der Waals surface area contributed by atoms with Crippen molar-refractivity contribution < 1.29 is 22.4 Å². The number of nitrogens with one attached hydrogen (secondary N) is 1. The number of benzene rings is 2. The van der Waals surface area contributed by atoms with E-state index in [1.165, 1.54) is 15.3 Å². The number of sulfonamides is 1. The summed E-state index contributed by atoms with van der Waals surface area (Å²) in [4.78, 5) is 27.8. The molecule has 2 aromatic carbocycles. The average molecular weight is 532 g/mol. The van der Waals surface area contributed by atoms with Crippen LogP contribution >= 0.6 is 0 Å². The van der Waals surface area contributed by atoms with E-state index in [0.29, 0.717) is 11.3 Å². The van der Waals surface area contributed by atoms with Crippen LogP contribution in [-0.2, 0) is 26.2 Å². The van der Waals surface area contributed by atoms with Crippen molar-refractivity contribution in [1.82, 2.24) is 10.2 Å². The van der Waals surface area contributed by atoms with Crippen LogP contribution < -0.4 is 9.62 Å². The molecule has 1 fully saturated rings. The predicted octanol–water partition coefficient (Wildman–Crippen LogP) is 4.55. The first-order valence-electron chi connectivity index (χ1n) is 12.9. The zero-order valence-electron chi connectivity index (χ0n) is 22.0. The Balaban J connectivity index is 1.72. The van der Waals surface area contributed by atoms with Crippen molar-refractivity contribution >= 4 is 27.5 Å². The van der Waals surface area contributed by atoms with E-state index in [2.05, 4.69) is 5.32 Å². The number of anilines is 1. The lowest BCUT2D eigenvalue weighted by molar-refractivity contribution is -0.141. The summed E-state index contributed by atoms with van der Waals surface area (Å²) in [5, 5.41) is 3.06. The number of aryl methyl sites for hydroxylation is 1. The summed E-state index contributed by atoms with van der Waals surface area (Å²) in [6.45, 7) is 3.65. The highest BCUT2D eigenvalue weighted by atomic mass is 32.2. The summed E-state index contributed by atoms with van der Waals surface area (Å²) in [7, 11) is -3.55. The van der Waals surface area contributed by atoms with E-state index in [1.807, 2.05) is 19.1 Å². The molecule has 0 heterocycles. The number of carbonyl (C=O) groups is 2. The smallest absolute Gasteiger partial charge is 0.242 e. The molecule has 2 aromatic rings. The maximum absolute atomic E-state index is 14.4. The van der Waals surface area contributed by atoms with Gasteiger partial charge in [0, 0.05) is 31.1 Å². The fourth-order valence-corrected chi connectivity index (χ4v) is 5.64. The van der Waals surface area contributed by atoms with Crippen molar-refractivity contribution in [3.05, 3.63) is 65.5 Å². The molecule has 2 amide bonds. The Bertz CT molecular complexity index is 1160. The molecule has 0 unspecified atom stereocenters. The fraction of sp³-hybridized carbons (Fsp3) is 0.500. The van der Waals surface area contributed by atoms with Gasteiger partial charge in [-0.1, -0.05) is 55.2 Å². The normalized spacial score (nSPS) is 15.1. The Hall–Kier alpha value is -2.94. The van der Waals surface area contributed by atoms with Crippen LogP contribution in [0.15, 0.2) is 48.5 Å². The van der Waals surface area contributed by atoms with Crippen LogP contribution in [0, 0.1) is 12.7 Å². The lowest BCUT2D eigenvalue weighted by Crippen LogP contribution is -2.50. The van der Waals surface area contributed by atoms with Gasteiger partial charge in [-0.05, 0) is 51.3 Å². The standard InChI is InChI=1S/C28H38FN3O4S/c1-21-15-17-25(18-16-21)32(37(3,35)36)19-9-14-27(33)31(20-23-10-7-8-13-26(23)29)22(2)28(34)30-24-11-5-4-6-12-24/h7-8,10,13,15-18,22,24H,4-6,9,11-12,14,19-20H2,1-3H3,(H,30,34)/t22-/m1/s1. The third-order valence-corrected chi connectivity index (χ3v) is 8.09. The molecule has 1 saturated carbocycles. The van der Waals surface area contributed by atoms with Crippen molar-refractivity contribution in [2.75, 3.05) is 17.1 Å². The lowest BCUT2D eigenvalue weighted by atomic mass is 9.95. The van der Waals surface area contributed by atoms with Crippen LogP contribution in [0.3, 0.4) is 0 Å². The van der Waals surface area contributed by atoms with E-state index in [4.69, 9.17) is 0 Å². The molecule has 1 aliphatic rings. The third-order valence-electron chi connectivity index (χ3n) is 6.89. The van der Waals surface area contributed by atoms with E-state index in [1.54, 1.807) is 37.3 Å². The van der Waals surface area contributed by atoms with Crippen molar-refractivity contribution in [3.63, 3.8) is 0 Å². The SMILES string of the molecule is Cc1ccc(N(CCCC(=O)N(Cc2ccccc2F)[C@H](C)C(=O)NC2CCCCC2)S(C)(=O)=O)cc1. The number of hydrogen-bond donors (Lipinski definition) is 1. The summed E-state index contributed by atoms with van der Waals surface area (Å²) in [5.41, 5.74) is 1.87. The Labute approximate surface area is 220 Å². The fourth-order valence-electron chi connectivity index (χ4n) is 4.68. The molecule has 3 rings (SSSR count). The molecule has 0 spiro atoms. The van der Waals surface area contributed by atoms with E-state index in [0.717, 1.165) is 43.9 Å². The first-order valence-corrected chi connectivity index (χ1v) is 14.8. The summed E-state index contributed by atoms with van der Waals surface area (Å²) in [6, 6.07) is 12.6. The molecule has 0 bridgehead atoms. The number of amides is 2. The van der Waals surface area contributed by atoms with E-state index in [-0.39, 0.29) is 43.8 Å². The minimum atomic E-state index is -3.55. The van der Waals surface area contributed by atoms with Gasteiger partial charge in [0.25, 0.3) is 0 Å². The van der Waals surface area contributed by atoms with Gasteiger partial charge in [-0.3, -0.25) is 13.9 Å². The molecule has 0 aliphatic heterocycles. The van der Waals surface area contributed by atoms with Gasteiger partial charge < -0.3 is 10.2 Å². The van der Waals surface area contributed by atoms with Crippen LogP contribution in [0.5, 0.6) is 0 Å². The topological polar surface area (TPSA) is 86.8 Å². The van der Waals surface area contributed by atoms with Crippen LogP contribution in [0.1, 0.15) is 63.0 Å². The van der Waals surface area contributed by atoms with Gasteiger partial charge in [-0.2, -0.15) is 0 Å². The molecule has 0 saturated heterocycles. The first kappa shape index (κ1) is 28.6. The minimum absolute atomic E-state index is 0.0212. The number of carbonyl (C=O) groups excluding carboxylic acids is 2. The minimum Gasteiger partial charge on any atom is -0.352 e. The molecule has 1 atom stereocenters. The van der Waals surface area contributed by atoms with Crippen molar-refractivity contribution in [1.29, 1.82) is 0 Å². The van der Waals surface area contributed by atoms with E-state index < -0.39 is 21.9 Å². The van der Waals surface area contributed by atoms with Crippen LogP contribution in [-0.4, -0.2) is 50.0 Å². The Morgan fingerprint density at radius 1 is 1.05 bits per heavy atom. The van der Waals surface area contributed by atoms with Gasteiger partial charge in [0.2, 0.25) is 21.8 Å². The molecule has 9 heteroatoms. The van der Waals surface area contributed by atoms with Crippen molar-refractivity contribution in [3.8, 4) is 0 Å². The maximum Gasteiger partial charge on any atom is 0.242 e. The summed E-state index contributed by atoms with van der Waals surface area (Å²) in [6.07, 6.45) is 6.53. The number of rotatable bonds is 11. The Morgan fingerprint density at radius 2 is 1.70 bits per heavy atom.